The molecule has 0 unspecified atom stereocenters. The summed E-state index contributed by atoms with van der Waals surface area (Å²) in [6.07, 6.45) is 8.88. The second-order valence-electron chi connectivity index (χ2n) is 4.14. The highest BCUT2D eigenvalue weighted by atomic mass is 16.2. The molecular formula is C12H12N4O. The van der Waals surface area contributed by atoms with Gasteiger partial charge in [0, 0.05) is 18.3 Å². The highest BCUT2D eigenvalue weighted by Gasteiger charge is 2.29. The number of carbonyl (C=O) groups is 1. The van der Waals surface area contributed by atoms with E-state index in [2.05, 4.69) is 15.3 Å². The van der Waals surface area contributed by atoms with Crippen LogP contribution in [0, 0.1) is 5.92 Å². The summed E-state index contributed by atoms with van der Waals surface area (Å²) in [4.78, 5) is 19.8. The molecule has 5 heteroatoms. The summed E-state index contributed by atoms with van der Waals surface area (Å²) < 4.78 is 1.81. The van der Waals surface area contributed by atoms with Gasteiger partial charge < -0.3 is 5.32 Å². The van der Waals surface area contributed by atoms with Gasteiger partial charge in [-0.15, -0.1) is 0 Å². The fourth-order valence-corrected chi connectivity index (χ4v) is 1.60. The Balaban J connectivity index is 1.73. The Morgan fingerprint density at radius 3 is 2.88 bits per heavy atom. The van der Waals surface area contributed by atoms with Gasteiger partial charge in [-0.1, -0.05) is 0 Å². The van der Waals surface area contributed by atoms with Crippen molar-refractivity contribution in [3.63, 3.8) is 0 Å². The van der Waals surface area contributed by atoms with E-state index < -0.39 is 0 Å². The molecule has 0 atom stereocenters. The molecule has 0 saturated heterocycles. The van der Waals surface area contributed by atoms with Crippen molar-refractivity contribution in [3.8, 4) is 5.82 Å². The summed E-state index contributed by atoms with van der Waals surface area (Å²) in [5.74, 6) is 1.09. The first-order valence-electron chi connectivity index (χ1n) is 5.58. The van der Waals surface area contributed by atoms with E-state index in [9.17, 15) is 4.79 Å². The van der Waals surface area contributed by atoms with Crippen molar-refractivity contribution >= 4 is 11.6 Å². The lowest BCUT2D eigenvalue weighted by Crippen LogP contribution is -2.13. The molecule has 1 aliphatic rings. The predicted octanol–water partition coefficient (Wildman–Crippen LogP) is 1.62. The molecule has 2 aromatic rings. The first kappa shape index (κ1) is 10.0. The van der Waals surface area contributed by atoms with Crippen LogP contribution in [0.1, 0.15) is 12.8 Å². The van der Waals surface area contributed by atoms with Gasteiger partial charge in [-0.05, 0) is 25.0 Å². The summed E-state index contributed by atoms with van der Waals surface area (Å²) in [5, 5.41) is 2.85. The fourth-order valence-electron chi connectivity index (χ4n) is 1.60. The number of aromatic nitrogens is 3. The molecular weight excluding hydrogens is 216 g/mol. The van der Waals surface area contributed by atoms with Crippen LogP contribution in [0.3, 0.4) is 0 Å². The molecule has 1 N–H and O–H groups in total. The Morgan fingerprint density at radius 2 is 2.29 bits per heavy atom. The Hall–Kier alpha value is -2.17. The third-order valence-corrected chi connectivity index (χ3v) is 2.73. The normalized spacial score (nSPS) is 14.6. The molecule has 0 radical (unpaired) electrons. The van der Waals surface area contributed by atoms with E-state index >= 15 is 0 Å². The zero-order valence-electron chi connectivity index (χ0n) is 9.21. The van der Waals surface area contributed by atoms with Gasteiger partial charge in [-0.3, -0.25) is 9.36 Å². The minimum atomic E-state index is 0.0992. The van der Waals surface area contributed by atoms with Gasteiger partial charge in [-0.25, -0.2) is 9.97 Å². The molecule has 17 heavy (non-hydrogen) atoms. The number of amides is 1. The Bertz CT molecular complexity index is 514. The van der Waals surface area contributed by atoms with E-state index in [1.165, 1.54) is 0 Å². The van der Waals surface area contributed by atoms with Crippen LogP contribution >= 0.6 is 0 Å². The van der Waals surface area contributed by atoms with Crippen molar-refractivity contribution < 1.29 is 4.79 Å². The number of nitrogens with one attached hydrogen (secondary N) is 1. The van der Waals surface area contributed by atoms with Crippen LogP contribution in [-0.2, 0) is 4.79 Å². The van der Waals surface area contributed by atoms with Crippen molar-refractivity contribution in [2.75, 3.05) is 5.32 Å². The first-order chi connectivity index (χ1) is 8.33. The predicted molar refractivity (Wildman–Crippen MR) is 62.7 cm³/mol. The topological polar surface area (TPSA) is 59.8 Å². The molecule has 0 aliphatic heterocycles. The van der Waals surface area contributed by atoms with E-state index in [1.807, 2.05) is 22.9 Å². The van der Waals surface area contributed by atoms with Gasteiger partial charge in [0.05, 0.1) is 11.9 Å². The van der Waals surface area contributed by atoms with Crippen LogP contribution in [0.25, 0.3) is 5.82 Å². The third kappa shape index (κ3) is 2.18. The van der Waals surface area contributed by atoms with Crippen LogP contribution in [0.5, 0.6) is 0 Å². The lowest BCUT2D eigenvalue weighted by molar-refractivity contribution is -0.117. The zero-order valence-corrected chi connectivity index (χ0v) is 9.21. The number of pyridine rings is 1. The summed E-state index contributed by atoms with van der Waals surface area (Å²) in [5.41, 5.74) is 0.741. The van der Waals surface area contributed by atoms with Gasteiger partial charge in [0.15, 0.2) is 0 Å². The van der Waals surface area contributed by atoms with Crippen LogP contribution < -0.4 is 5.32 Å². The molecule has 1 fully saturated rings. The van der Waals surface area contributed by atoms with Crippen LogP contribution in [0.15, 0.2) is 37.1 Å². The summed E-state index contributed by atoms with van der Waals surface area (Å²) in [6, 6.07) is 3.70. The van der Waals surface area contributed by atoms with Crippen molar-refractivity contribution in [1.29, 1.82) is 0 Å². The van der Waals surface area contributed by atoms with Crippen molar-refractivity contribution in [1.82, 2.24) is 14.5 Å². The molecule has 1 saturated carbocycles. The number of hydrogen-bond donors (Lipinski definition) is 1. The van der Waals surface area contributed by atoms with E-state index in [0.717, 1.165) is 24.3 Å². The highest BCUT2D eigenvalue weighted by molar-refractivity contribution is 5.93. The molecule has 1 amide bonds. The van der Waals surface area contributed by atoms with Gasteiger partial charge in [-0.2, -0.15) is 0 Å². The van der Waals surface area contributed by atoms with Gasteiger partial charge in [0.1, 0.15) is 12.1 Å². The largest absolute Gasteiger partial charge is 0.324 e. The summed E-state index contributed by atoms with van der Waals surface area (Å²) >= 11 is 0. The standard InChI is InChI=1S/C12H12N4O/c17-12(9-1-2-9)15-10-3-4-11(14-7-10)16-6-5-13-8-16/h3-9H,1-2H2,(H,15,17). The number of hydrogen-bond acceptors (Lipinski definition) is 3. The summed E-state index contributed by atoms with van der Waals surface area (Å²) in [6.45, 7) is 0. The first-order valence-corrected chi connectivity index (χ1v) is 5.58. The number of rotatable bonds is 3. The SMILES string of the molecule is O=C(Nc1ccc(-n2ccnc2)nc1)C1CC1. The molecule has 2 aromatic heterocycles. The lowest BCUT2D eigenvalue weighted by Gasteiger charge is -2.05. The smallest absolute Gasteiger partial charge is 0.227 e. The molecule has 86 valence electrons. The molecule has 5 nitrogen and oxygen atoms in total. The zero-order chi connectivity index (χ0) is 11.7. The Morgan fingerprint density at radius 1 is 1.41 bits per heavy atom. The monoisotopic (exact) mass is 228 g/mol. The molecule has 1 aliphatic carbocycles. The van der Waals surface area contributed by atoms with E-state index in [4.69, 9.17) is 0 Å². The maximum atomic E-state index is 11.5. The minimum absolute atomic E-state index is 0.0992. The van der Waals surface area contributed by atoms with Gasteiger partial charge in [0.2, 0.25) is 5.91 Å². The van der Waals surface area contributed by atoms with Crippen molar-refractivity contribution in [3.05, 3.63) is 37.1 Å². The van der Waals surface area contributed by atoms with E-state index in [0.29, 0.717) is 0 Å². The number of nitrogens with zero attached hydrogens (tertiary/aromatic N) is 3. The van der Waals surface area contributed by atoms with E-state index in [-0.39, 0.29) is 11.8 Å². The Labute approximate surface area is 98.5 Å². The lowest BCUT2D eigenvalue weighted by atomic mass is 10.3. The van der Waals surface area contributed by atoms with Crippen LogP contribution in [0.4, 0.5) is 5.69 Å². The molecule has 0 bridgehead atoms. The molecule has 0 spiro atoms. The Kier molecular flexibility index (Phi) is 2.36. The third-order valence-electron chi connectivity index (χ3n) is 2.73. The van der Waals surface area contributed by atoms with Crippen molar-refractivity contribution in [2.45, 2.75) is 12.8 Å². The van der Waals surface area contributed by atoms with E-state index in [1.54, 1.807) is 18.7 Å². The molecule has 3 rings (SSSR count). The molecule has 0 aromatic carbocycles. The maximum Gasteiger partial charge on any atom is 0.227 e. The fraction of sp³-hybridized carbons (Fsp3) is 0.250. The average molecular weight is 228 g/mol. The second-order valence-corrected chi connectivity index (χ2v) is 4.14. The molecule has 2 heterocycles. The number of anilines is 1. The summed E-state index contributed by atoms with van der Waals surface area (Å²) in [7, 11) is 0. The number of imidazole rings is 1. The van der Waals surface area contributed by atoms with Crippen LogP contribution in [-0.4, -0.2) is 20.4 Å². The quantitative estimate of drug-likeness (QED) is 0.868. The number of carbonyl (C=O) groups excluding carboxylic acids is 1. The highest BCUT2D eigenvalue weighted by Crippen LogP contribution is 2.30. The van der Waals surface area contributed by atoms with Crippen LogP contribution in [0.2, 0.25) is 0 Å². The van der Waals surface area contributed by atoms with Gasteiger partial charge in [0.25, 0.3) is 0 Å². The van der Waals surface area contributed by atoms with Gasteiger partial charge >= 0.3 is 0 Å². The second kappa shape index (κ2) is 4.01. The minimum Gasteiger partial charge on any atom is -0.324 e. The van der Waals surface area contributed by atoms with Crippen molar-refractivity contribution in [2.24, 2.45) is 5.92 Å². The maximum absolute atomic E-state index is 11.5. The average Bonchev–Trinajstić information content (AvgIpc) is 3.07.